The predicted molar refractivity (Wildman–Crippen MR) is 104 cm³/mol. The van der Waals surface area contributed by atoms with Crippen molar-refractivity contribution in [2.75, 3.05) is 20.2 Å². The van der Waals surface area contributed by atoms with Crippen LogP contribution in [0, 0.1) is 17.2 Å². The van der Waals surface area contributed by atoms with Gasteiger partial charge in [0.05, 0.1) is 25.1 Å². The van der Waals surface area contributed by atoms with Gasteiger partial charge in [0.2, 0.25) is 0 Å². The molecule has 2 aliphatic rings. The molecule has 2 aromatic rings. The second kappa shape index (κ2) is 6.86. The van der Waals surface area contributed by atoms with Crippen molar-refractivity contribution >= 4 is 16.9 Å². The van der Waals surface area contributed by atoms with E-state index in [2.05, 4.69) is 40.8 Å². The lowest BCUT2D eigenvalue weighted by Crippen LogP contribution is -2.46. The standard InChI is InChI=1S/C22H25N3O2/c1-4-14-13-25(11-7-10-23)18-12-16(14)20(22(26)27-3)19-15-8-5-6-9-17(15)24(2)21(18)19/h4-6,8-9,16,18,20H,7,11-13H2,1-3H3/b14-4-/t16-,18-,20+/m0/s1. The maximum absolute atomic E-state index is 12.9. The predicted octanol–water partition coefficient (Wildman–Crippen LogP) is 3.67. The van der Waals surface area contributed by atoms with Crippen LogP contribution in [0.3, 0.4) is 0 Å². The van der Waals surface area contributed by atoms with Crippen molar-refractivity contribution in [2.24, 2.45) is 13.0 Å². The molecule has 1 aliphatic carbocycles. The Morgan fingerprint density at radius 3 is 2.89 bits per heavy atom. The Morgan fingerprint density at radius 2 is 2.19 bits per heavy atom. The fraction of sp³-hybridized carbons (Fsp3) is 0.455. The molecule has 1 aromatic carbocycles. The van der Waals surface area contributed by atoms with Gasteiger partial charge in [-0.05, 0) is 25.0 Å². The zero-order valence-corrected chi connectivity index (χ0v) is 16.1. The normalized spacial score (nSPS) is 26.0. The Hall–Kier alpha value is -2.58. The lowest BCUT2D eigenvalue weighted by Gasteiger charge is -2.47. The number of hydrogen-bond acceptors (Lipinski definition) is 4. The number of carbonyl (C=O) groups is 1. The molecule has 0 radical (unpaired) electrons. The maximum Gasteiger partial charge on any atom is 0.313 e. The lowest BCUT2D eigenvalue weighted by molar-refractivity contribution is -0.144. The van der Waals surface area contributed by atoms with Crippen LogP contribution in [0.25, 0.3) is 10.9 Å². The Bertz CT molecular complexity index is 966. The van der Waals surface area contributed by atoms with E-state index in [0.29, 0.717) is 6.42 Å². The van der Waals surface area contributed by atoms with Crippen molar-refractivity contribution in [3.05, 3.63) is 47.2 Å². The average molecular weight is 363 g/mol. The summed E-state index contributed by atoms with van der Waals surface area (Å²) in [6.45, 7) is 3.60. The molecular formula is C22H25N3O2. The minimum atomic E-state index is -0.267. The number of aryl methyl sites for hydroxylation is 1. The lowest BCUT2D eigenvalue weighted by atomic mass is 9.68. The molecule has 0 spiro atoms. The number of likely N-dealkylation sites (tertiary alicyclic amines) is 1. The van der Waals surface area contributed by atoms with E-state index >= 15 is 0 Å². The number of aromatic nitrogens is 1. The minimum absolute atomic E-state index is 0.152. The first-order chi connectivity index (χ1) is 13.1. The average Bonchev–Trinajstić information content (AvgIpc) is 3.00. The van der Waals surface area contributed by atoms with Gasteiger partial charge in [-0.25, -0.2) is 0 Å². The zero-order chi connectivity index (χ0) is 19.1. The molecule has 140 valence electrons. The van der Waals surface area contributed by atoms with Crippen molar-refractivity contribution in [1.29, 1.82) is 5.26 Å². The highest BCUT2D eigenvalue weighted by molar-refractivity contribution is 5.93. The van der Waals surface area contributed by atoms with Gasteiger partial charge in [-0.3, -0.25) is 9.69 Å². The Labute approximate surface area is 159 Å². The molecule has 1 aromatic heterocycles. The van der Waals surface area contributed by atoms with E-state index in [9.17, 15) is 4.79 Å². The molecule has 1 saturated heterocycles. The number of hydrogen-bond donors (Lipinski definition) is 0. The van der Waals surface area contributed by atoms with Crippen LogP contribution < -0.4 is 0 Å². The molecule has 2 bridgehead atoms. The van der Waals surface area contributed by atoms with Gasteiger partial charge in [-0.2, -0.15) is 5.26 Å². The third-order valence-electron chi connectivity index (χ3n) is 6.34. The number of piperidine rings is 1. The molecule has 1 aliphatic heterocycles. The quantitative estimate of drug-likeness (QED) is 0.617. The second-order valence-corrected chi connectivity index (χ2v) is 7.48. The van der Waals surface area contributed by atoms with Gasteiger partial charge in [0, 0.05) is 49.1 Å². The molecular weight excluding hydrogens is 338 g/mol. The summed E-state index contributed by atoms with van der Waals surface area (Å²) < 4.78 is 7.49. The summed E-state index contributed by atoms with van der Waals surface area (Å²) in [6.07, 6.45) is 3.55. The number of methoxy groups -OCH3 is 1. The monoisotopic (exact) mass is 363 g/mol. The van der Waals surface area contributed by atoms with Gasteiger partial charge in [0.1, 0.15) is 0 Å². The van der Waals surface area contributed by atoms with Crippen LogP contribution in [0.1, 0.15) is 43.0 Å². The molecule has 2 heterocycles. The maximum atomic E-state index is 12.9. The zero-order valence-electron chi connectivity index (χ0n) is 16.1. The Balaban J connectivity index is 1.97. The van der Waals surface area contributed by atoms with Gasteiger partial charge < -0.3 is 9.30 Å². The fourth-order valence-electron chi connectivity index (χ4n) is 5.15. The number of nitrogens with zero attached hydrogens (tertiary/aromatic N) is 3. The van der Waals surface area contributed by atoms with Crippen LogP contribution in [-0.4, -0.2) is 35.6 Å². The molecule has 0 unspecified atom stereocenters. The smallest absolute Gasteiger partial charge is 0.313 e. The Morgan fingerprint density at radius 1 is 1.41 bits per heavy atom. The van der Waals surface area contributed by atoms with Crippen LogP contribution in [0.4, 0.5) is 0 Å². The van der Waals surface area contributed by atoms with Crippen molar-refractivity contribution in [2.45, 2.75) is 31.7 Å². The number of ether oxygens (including phenoxy) is 1. The van der Waals surface area contributed by atoms with Gasteiger partial charge in [-0.1, -0.05) is 29.8 Å². The molecule has 5 heteroatoms. The molecule has 0 saturated carbocycles. The summed E-state index contributed by atoms with van der Waals surface area (Å²) in [4.78, 5) is 15.3. The first kappa shape index (κ1) is 17.8. The number of nitriles is 1. The van der Waals surface area contributed by atoms with Gasteiger partial charge >= 0.3 is 5.97 Å². The molecule has 4 rings (SSSR count). The first-order valence-electron chi connectivity index (χ1n) is 9.53. The fourth-order valence-corrected chi connectivity index (χ4v) is 5.15. The van der Waals surface area contributed by atoms with Gasteiger partial charge in [-0.15, -0.1) is 0 Å². The number of rotatable bonds is 3. The topological polar surface area (TPSA) is 58.3 Å². The van der Waals surface area contributed by atoms with Crippen LogP contribution in [-0.2, 0) is 16.6 Å². The highest BCUT2D eigenvalue weighted by Crippen LogP contribution is 2.53. The van der Waals surface area contributed by atoms with E-state index in [0.717, 1.165) is 36.0 Å². The summed E-state index contributed by atoms with van der Waals surface area (Å²) in [6, 6.07) is 10.8. The van der Waals surface area contributed by atoms with Crippen molar-refractivity contribution in [1.82, 2.24) is 9.47 Å². The first-order valence-corrected chi connectivity index (χ1v) is 9.53. The summed E-state index contributed by atoms with van der Waals surface area (Å²) >= 11 is 0. The van der Waals surface area contributed by atoms with Crippen molar-refractivity contribution < 1.29 is 9.53 Å². The van der Waals surface area contributed by atoms with Crippen LogP contribution >= 0.6 is 0 Å². The molecule has 5 nitrogen and oxygen atoms in total. The summed E-state index contributed by atoms with van der Waals surface area (Å²) in [5.41, 5.74) is 4.74. The van der Waals surface area contributed by atoms with E-state index in [-0.39, 0.29) is 23.8 Å². The van der Waals surface area contributed by atoms with E-state index in [4.69, 9.17) is 10.00 Å². The third-order valence-corrected chi connectivity index (χ3v) is 6.34. The van der Waals surface area contributed by atoms with Crippen LogP contribution in [0.15, 0.2) is 35.9 Å². The molecule has 1 fully saturated rings. The molecule has 0 N–H and O–H groups in total. The van der Waals surface area contributed by atoms with Crippen molar-refractivity contribution in [3.8, 4) is 6.07 Å². The number of allylic oxidation sites excluding steroid dienone is 1. The number of carbonyl (C=O) groups excluding carboxylic acids is 1. The van der Waals surface area contributed by atoms with E-state index in [1.165, 1.54) is 18.4 Å². The summed E-state index contributed by atoms with van der Waals surface area (Å²) in [5, 5.41) is 10.2. The third kappa shape index (κ3) is 2.59. The Kier molecular flexibility index (Phi) is 4.53. The second-order valence-electron chi connectivity index (χ2n) is 7.48. The number of fused-ring (bicyclic) bond motifs is 6. The van der Waals surface area contributed by atoms with Crippen molar-refractivity contribution in [3.63, 3.8) is 0 Å². The van der Waals surface area contributed by atoms with Crippen LogP contribution in [0.2, 0.25) is 0 Å². The summed E-state index contributed by atoms with van der Waals surface area (Å²) in [5.74, 6) is -0.262. The number of para-hydroxylation sites is 1. The summed E-state index contributed by atoms with van der Waals surface area (Å²) in [7, 11) is 3.57. The SMILES string of the molecule is C/C=C1/CN(CCC#N)[C@H]2C[C@@H]1[C@@H](C(=O)OC)c1c2n(C)c2ccccc12. The molecule has 27 heavy (non-hydrogen) atoms. The number of benzene rings is 1. The van der Waals surface area contributed by atoms with Gasteiger partial charge in [0.25, 0.3) is 0 Å². The largest absolute Gasteiger partial charge is 0.469 e. The molecule has 3 atom stereocenters. The molecule has 0 amide bonds. The van der Waals surface area contributed by atoms with E-state index < -0.39 is 0 Å². The highest BCUT2D eigenvalue weighted by atomic mass is 16.5. The van der Waals surface area contributed by atoms with Gasteiger partial charge in [0.15, 0.2) is 0 Å². The van der Waals surface area contributed by atoms with E-state index in [1.807, 2.05) is 19.1 Å². The van der Waals surface area contributed by atoms with E-state index in [1.54, 1.807) is 0 Å². The number of esters is 1. The minimum Gasteiger partial charge on any atom is -0.469 e. The highest BCUT2D eigenvalue weighted by Gasteiger charge is 2.48. The van der Waals surface area contributed by atoms with Crippen LogP contribution in [0.5, 0.6) is 0 Å².